The number of hydrazine groups is 1. The maximum atomic E-state index is 10.9. The van der Waals surface area contributed by atoms with E-state index in [1.165, 1.54) is 0 Å². The van der Waals surface area contributed by atoms with Crippen molar-refractivity contribution in [1.29, 1.82) is 0 Å². The SMILES string of the molecule is CC(C)C(NNC=ICN)C(N)=O. The van der Waals surface area contributed by atoms with Gasteiger partial charge < -0.3 is 11.5 Å². The van der Waals surface area contributed by atoms with Gasteiger partial charge in [-0.15, -0.1) is 0 Å². The molecular formula is C7H17IN4O. The molecule has 6 heteroatoms. The molecule has 0 aliphatic heterocycles. The first-order valence-electron chi connectivity index (χ1n) is 3.99. The van der Waals surface area contributed by atoms with E-state index in [4.69, 9.17) is 11.5 Å². The largest absolute Gasteiger partial charge is 0.368 e. The minimum Gasteiger partial charge on any atom is -0.368 e. The number of hydrogen-bond acceptors (Lipinski definition) is 4. The van der Waals surface area contributed by atoms with Crippen molar-refractivity contribution < 1.29 is 4.79 Å². The molecule has 78 valence electrons. The third-order valence-corrected chi connectivity index (χ3v) is 2.69. The highest BCUT2D eigenvalue weighted by Crippen LogP contribution is 1.98. The van der Waals surface area contributed by atoms with Crippen LogP contribution in [0.4, 0.5) is 0 Å². The molecule has 0 spiro atoms. The molecule has 0 radical (unpaired) electrons. The summed E-state index contributed by atoms with van der Waals surface area (Å²) >= 11 is -0.117. The number of amides is 1. The average Bonchev–Trinajstić information content (AvgIpc) is 2.02. The highest BCUT2D eigenvalue weighted by atomic mass is 127. The Kier molecular flexibility index (Phi) is 7.33. The summed E-state index contributed by atoms with van der Waals surface area (Å²) in [4.78, 5) is 10.9. The number of nitrogens with two attached hydrogens (primary N) is 2. The number of primary amides is 1. The lowest BCUT2D eigenvalue weighted by molar-refractivity contribution is -0.121. The van der Waals surface area contributed by atoms with Crippen molar-refractivity contribution in [3.8, 4) is 0 Å². The Morgan fingerprint density at radius 1 is 1.62 bits per heavy atom. The summed E-state index contributed by atoms with van der Waals surface area (Å²) in [5.41, 5.74) is 16.2. The van der Waals surface area contributed by atoms with Gasteiger partial charge in [-0.2, -0.15) is 0 Å². The van der Waals surface area contributed by atoms with Gasteiger partial charge in [-0.1, -0.05) is 34.6 Å². The van der Waals surface area contributed by atoms with Crippen molar-refractivity contribution in [2.75, 3.05) is 4.55 Å². The van der Waals surface area contributed by atoms with Crippen LogP contribution in [0.25, 0.3) is 0 Å². The predicted molar refractivity (Wildman–Crippen MR) is 63.2 cm³/mol. The first kappa shape index (κ1) is 12.9. The first-order chi connectivity index (χ1) is 6.09. The van der Waals surface area contributed by atoms with Crippen LogP contribution in [0.1, 0.15) is 13.8 Å². The Morgan fingerprint density at radius 2 is 2.23 bits per heavy atom. The third kappa shape index (κ3) is 6.08. The monoisotopic (exact) mass is 300 g/mol. The summed E-state index contributed by atoms with van der Waals surface area (Å²) in [7, 11) is 0. The molecule has 0 aromatic rings. The van der Waals surface area contributed by atoms with Crippen molar-refractivity contribution in [3.63, 3.8) is 0 Å². The van der Waals surface area contributed by atoms with Gasteiger partial charge in [-0.25, -0.2) is 10.9 Å². The maximum Gasteiger partial charge on any atom is 0.236 e. The number of rotatable bonds is 6. The van der Waals surface area contributed by atoms with Crippen LogP contribution in [-0.4, -0.2) is 20.6 Å². The fourth-order valence-electron chi connectivity index (χ4n) is 0.771. The molecule has 0 aromatic carbocycles. The number of nitrogens with one attached hydrogen (secondary N) is 2. The van der Waals surface area contributed by atoms with Gasteiger partial charge in [0.2, 0.25) is 5.91 Å². The fraction of sp³-hybridized carbons (Fsp3) is 0.714. The van der Waals surface area contributed by atoms with Gasteiger partial charge in [0.1, 0.15) is 6.04 Å². The highest BCUT2D eigenvalue weighted by Gasteiger charge is 2.17. The lowest BCUT2D eigenvalue weighted by atomic mass is 10.1. The summed E-state index contributed by atoms with van der Waals surface area (Å²) in [5, 5.41) is 0. The van der Waals surface area contributed by atoms with E-state index in [0.717, 1.165) is 0 Å². The summed E-state index contributed by atoms with van der Waals surface area (Å²) in [6.07, 6.45) is 0. The van der Waals surface area contributed by atoms with Gasteiger partial charge in [0.05, 0.1) is 0 Å². The zero-order chi connectivity index (χ0) is 10.3. The first-order valence-corrected chi connectivity index (χ1v) is 6.76. The van der Waals surface area contributed by atoms with Crippen LogP contribution >= 0.6 is 20.7 Å². The number of hydrogen-bond donors (Lipinski definition) is 4. The standard InChI is InChI=1S/C7H17IN4O/c1-5(2)6(7(10)13)12-11-4-8-3-9/h4-6,11-12H,3,9H2,1-2H3,(H2,10,13). The van der Waals surface area contributed by atoms with Crippen LogP contribution in [0, 0.1) is 5.92 Å². The average molecular weight is 300 g/mol. The molecule has 0 aromatic heterocycles. The second-order valence-corrected chi connectivity index (χ2v) is 5.21. The predicted octanol–water partition coefficient (Wildman–Crippen LogP) is -0.763. The second-order valence-electron chi connectivity index (χ2n) is 2.83. The number of alkyl halides is 1. The normalized spacial score (nSPS) is 14.5. The van der Waals surface area contributed by atoms with Gasteiger partial charge >= 0.3 is 0 Å². The van der Waals surface area contributed by atoms with Crippen molar-refractivity contribution >= 4 is 30.8 Å². The zero-order valence-corrected chi connectivity index (χ0v) is 10.0. The van der Waals surface area contributed by atoms with Crippen LogP contribution in [0.5, 0.6) is 0 Å². The quantitative estimate of drug-likeness (QED) is 0.224. The van der Waals surface area contributed by atoms with Crippen molar-refractivity contribution in [3.05, 3.63) is 0 Å². The van der Waals surface area contributed by atoms with E-state index < -0.39 is 0 Å². The molecule has 0 bridgehead atoms. The number of carbonyl (C=O) groups excluding carboxylic acids is 1. The van der Waals surface area contributed by atoms with E-state index in [0.29, 0.717) is 4.55 Å². The highest BCUT2D eigenvalue weighted by molar-refractivity contribution is 14.2. The van der Waals surface area contributed by atoms with Crippen molar-refractivity contribution in [2.45, 2.75) is 19.9 Å². The molecule has 0 saturated heterocycles. The van der Waals surface area contributed by atoms with Crippen LogP contribution in [-0.2, 0) is 4.79 Å². The van der Waals surface area contributed by atoms with Gasteiger partial charge in [0.25, 0.3) is 0 Å². The second kappa shape index (κ2) is 7.36. The maximum absolute atomic E-state index is 10.9. The minimum atomic E-state index is -0.346. The lowest BCUT2D eigenvalue weighted by Crippen LogP contribution is -2.50. The van der Waals surface area contributed by atoms with Gasteiger partial charge in [0.15, 0.2) is 0 Å². The Balaban J connectivity index is 3.84. The van der Waals surface area contributed by atoms with E-state index in [1.54, 1.807) is 0 Å². The minimum absolute atomic E-state index is 0.117. The third-order valence-electron chi connectivity index (χ3n) is 1.43. The summed E-state index contributed by atoms with van der Waals surface area (Å²) in [6.45, 7) is 3.87. The molecule has 1 atom stereocenters. The Bertz CT molecular complexity index is 183. The summed E-state index contributed by atoms with van der Waals surface area (Å²) < 4.78 is 2.56. The molecule has 13 heavy (non-hydrogen) atoms. The molecule has 0 rings (SSSR count). The molecule has 0 saturated carbocycles. The van der Waals surface area contributed by atoms with Crippen LogP contribution in [0.2, 0.25) is 0 Å². The van der Waals surface area contributed by atoms with Crippen molar-refractivity contribution in [1.82, 2.24) is 10.9 Å². The van der Waals surface area contributed by atoms with Crippen LogP contribution in [0.3, 0.4) is 0 Å². The smallest absolute Gasteiger partial charge is 0.236 e. The van der Waals surface area contributed by atoms with Gasteiger partial charge in [0, 0.05) is 8.69 Å². The molecule has 0 aliphatic rings. The molecule has 0 heterocycles. The molecular weight excluding hydrogens is 283 g/mol. The molecule has 1 unspecified atom stereocenters. The fourth-order valence-corrected chi connectivity index (χ4v) is 1.42. The summed E-state index contributed by atoms with van der Waals surface area (Å²) in [6, 6.07) is -0.335. The molecule has 5 nitrogen and oxygen atoms in total. The van der Waals surface area contributed by atoms with E-state index in [2.05, 4.69) is 10.9 Å². The van der Waals surface area contributed by atoms with E-state index >= 15 is 0 Å². The van der Waals surface area contributed by atoms with E-state index in [9.17, 15) is 4.79 Å². The number of carbonyl (C=O) groups is 1. The zero-order valence-electron chi connectivity index (χ0n) is 7.88. The topological polar surface area (TPSA) is 93.2 Å². The Hall–Kier alpha value is -0.0500. The lowest BCUT2D eigenvalue weighted by Gasteiger charge is -2.17. The van der Waals surface area contributed by atoms with Crippen LogP contribution in [0.15, 0.2) is 0 Å². The number of halogens is 1. The van der Waals surface area contributed by atoms with Gasteiger partial charge in [-0.3, -0.25) is 4.79 Å². The molecule has 6 N–H and O–H groups in total. The Morgan fingerprint density at radius 3 is 2.62 bits per heavy atom. The van der Waals surface area contributed by atoms with E-state index in [1.807, 2.05) is 18.0 Å². The van der Waals surface area contributed by atoms with Gasteiger partial charge in [-0.05, 0) is 5.92 Å². The molecule has 0 aliphatic carbocycles. The Labute approximate surface area is 88.3 Å². The van der Waals surface area contributed by atoms with Crippen molar-refractivity contribution in [2.24, 2.45) is 17.4 Å². The van der Waals surface area contributed by atoms with E-state index in [-0.39, 0.29) is 38.6 Å². The molecule has 1 amide bonds. The molecule has 0 fully saturated rings. The van der Waals surface area contributed by atoms with Crippen LogP contribution < -0.4 is 22.3 Å². The summed E-state index contributed by atoms with van der Waals surface area (Å²) in [5.74, 6) is -0.170.